The quantitative estimate of drug-likeness (QED) is 0.231. The van der Waals surface area contributed by atoms with Crippen LogP contribution >= 0.6 is 22.2 Å². The Labute approximate surface area is 98.2 Å². The lowest BCUT2D eigenvalue weighted by molar-refractivity contribution is -0.139. The molecule has 0 aromatic heterocycles. The standard InChI is InChI=1S/C8H16Cl2O2Si2/c1-7(2)8(11)12-5-3-4-6-14(10)13-9/h14H,1,3-6,13H2,2H3. The number of hydrogen-bond acceptors (Lipinski definition) is 2. The van der Waals surface area contributed by atoms with E-state index in [0.29, 0.717) is 12.2 Å². The van der Waals surface area contributed by atoms with Crippen molar-refractivity contribution in [2.24, 2.45) is 0 Å². The average molecular weight is 271 g/mol. The molecule has 0 fully saturated rings. The van der Waals surface area contributed by atoms with Crippen molar-refractivity contribution in [3.8, 4) is 0 Å². The Bertz CT molecular complexity index is 200. The van der Waals surface area contributed by atoms with Crippen molar-refractivity contribution in [3.05, 3.63) is 12.2 Å². The molecule has 0 aliphatic rings. The van der Waals surface area contributed by atoms with Gasteiger partial charge in [0.25, 0.3) is 0 Å². The molecular weight excluding hydrogens is 255 g/mol. The molecule has 0 aliphatic heterocycles. The third-order valence-electron chi connectivity index (χ3n) is 1.66. The number of carbonyl (C=O) groups is 1. The van der Waals surface area contributed by atoms with Crippen molar-refractivity contribution >= 4 is 44.1 Å². The minimum atomic E-state index is -1.05. The molecule has 0 N–H and O–H groups in total. The first kappa shape index (κ1) is 14.2. The van der Waals surface area contributed by atoms with Crippen molar-refractivity contribution in [2.75, 3.05) is 6.61 Å². The summed E-state index contributed by atoms with van der Waals surface area (Å²) in [5.74, 6) is -0.309. The molecule has 1 atom stereocenters. The highest BCUT2D eigenvalue weighted by Crippen LogP contribution is 2.05. The van der Waals surface area contributed by atoms with E-state index in [9.17, 15) is 4.79 Å². The molecule has 82 valence electrons. The highest BCUT2D eigenvalue weighted by atomic mass is 35.6. The molecular formula is C8H16Cl2O2Si2. The summed E-state index contributed by atoms with van der Waals surface area (Å²) in [5.41, 5.74) is 0.447. The van der Waals surface area contributed by atoms with Gasteiger partial charge < -0.3 is 4.74 Å². The fraction of sp³-hybridized carbons (Fsp3) is 0.625. The third kappa shape index (κ3) is 7.61. The van der Waals surface area contributed by atoms with Gasteiger partial charge in [-0.1, -0.05) is 13.0 Å². The van der Waals surface area contributed by atoms with E-state index in [1.165, 1.54) is 0 Å². The molecule has 0 radical (unpaired) electrons. The van der Waals surface area contributed by atoms with Crippen LogP contribution in [-0.2, 0) is 9.53 Å². The minimum Gasteiger partial charge on any atom is -0.462 e. The number of rotatable bonds is 7. The van der Waals surface area contributed by atoms with Gasteiger partial charge in [-0.2, -0.15) is 22.2 Å². The Kier molecular flexibility index (Phi) is 8.66. The Hall–Kier alpha value is 0.224. The molecule has 6 heteroatoms. The van der Waals surface area contributed by atoms with Gasteiger partial charge in [0.05, 0.1) is 6.61 Å². The molecule has 0 heterocycles. The van der Waals surface area contributed by atoms with Gasteiger partial charge in [-0.15, -0.1) is 0 Å². The summed E-state index contributed by atoms with van der Waals surface area (Å²) in [7, 11) is -1.52. The van der Waals surface area contributed by atoms with Crippen LogP contribution in [0.25, 0.3) is 0 Å². The largest absolute Gasteiger partial charge is 0.462 e. The zero-order valence-corrected chi connectivity index (χ0v) is 12.5. The van der Waals surface area contributed by atoms with Crippen LogP contribution in [-0.4, -0.2) is 28.5 Å². The van der Waals surface area contributed by atoms with E-state index in [1.807, 2.05) is 0 Å². The number of esters is 1. The SMILES string of the molecule is C=C(C)C(=O)OCCCC[SiH](Cl)[SiH2]Cl. The predicted octanol–water partition coefficient (Wildman–Crippen LogP) is 1.67. The molecule has 0 saturated carbocycles. The van der Waals surface area contributed by atoms with Gasteiger partial charge >= 0.3 is 5.97 Å². The molecule has 1 unspecified atom stereocenters. The minimum absolute atomic E-state index is 0.309. The Balaban J connectivity index is 3.30. The Morgan fingerprint density at radius 3 is 2.71 bits per heavy atom. The second kappa shape index (κ2) is 8.53. The van der Waals surface area contributed by atoms with Crippen molar-refractivity contribution < 1.29 is 9.53 Å². The van der Waals surface area contributed by atoms with Gasteiger partial charge in [0, 0.05) is 5.57 Å². The molecule has 0 bridgehead atoms. The lowest BCUT2D eigenvalue weighted by atomic mass is 10.3. The molecule has 0 saturated heterocycles. The zero-order valence-electron chi connectivity index (χ0n) is 8.39. The van der Waals surface area contributed by atoms with Crippen LogP contribution in [0.1, 0.15) is 19.8 Å². The van der Waals surface area contributed by atoms with E-state index in [1.54, 1.807) is 6.92 Å². The van der Waals surface area contributed by atoms with Crippen LogP contribution in [0.5, 0.6) is 0 Å². The summed E-state index contributed by atoms with van der Waals surface area (Å²) in [6.45, 7) is 5.60. The van der Waals surface area contributed by atoms with Gasteiger partial charge in [-0.3, -0.25) is 0 Å². The van der Waals surface area contributed by atoms with Crippen LogP contribution in [0.3, 0.4) is 0 Å². The number of carbonyl (C=O) groups excluding carboxylic acids is 1. The molecule has 0 aromatic carbocycles. The van der Waals surface area contributed by atoms with Crippen LogP contribution in [0, 0.1) is 0 Å². The third-order valence-corrected chi connectivity index (χ3v) is 12.1. The molecule has 0 aliphatic carbocycles. The van der Waals surface area contributed by atoms with E-state index < -0.39 is 16.0 Å². The van der Waals surface area contributed by atoms with Crippen LogP contribution < -0.4 is 0 Å². The van der Waals surface area contributed by atoms with Crippen LogP contribution in [0.4, 0.5) is 0 Å². The average Bonchev–Trinajstić information content (AvgIpc) is 2.16. The molecule has 0 aromatic rings. The van der Waals surface area contributed by atoms with Gasteiger partial charge in [0.2, 0.25) is 0 Å². The van der Waals surface area contributed by atoms with Gasteiger partial charge in [0.15, 0.2) is 0 Å². The number of halogens is 2. The monoisotopic (exact) mass is 270 g/mol. The van der Waals surface area contributed by atoms with Gasteiger partial charge in [0.1, 0.15) is 16.0 Å². The first-order valence-electron chi connectivity index (χ1n) is 4.60. The van der Waals surface area contributed by atoms with E-state index in [0.717, 1.165) is 18.9 Å². The summed E-state index contributed by atoms with van der Waals surface area (Å²) in [4.78, 5) is 10.9. The molecule has 0 amide bonds. The highest BCUT2D eigenvalue weighted by molar-refractivity contribution is 7.48. The van der Waals surface area contributed by atoms with Crippen molar-refractivity contribution in [2.45, 2.75) is 25.8 Å². The topological polar surface area (TPSA) is 26.3 Å². The molecule has 0 rings (SSSR count). The van der Waals surface area contributed by atoms with E-state index in [4.69, 9.17) is 26.9 Å². The zero-order chi connectivity index (χ0) is 11.0. The van der Waals surface area contributed by atoms with E-state index >= 15 is 0 Å². The fourth-order valence-electron chi connectivity index (χ4n) is 0.833. The summed E-state index contributed by atoms with van der Waals surface area (Å²) >= 11 is 11.7. The van der Waals surface area contributed by atoms with Gasteiger partial charge in [-0.05, 0) is 19.4 Å². The summed E-state index contributed by atoms with van der Waals surface area (Å²) < 4.78 is 4.93. The van der Waals surface area contributed by atoms with E-state index in [-0.39, 0.29) is 5.97 Å². The van der Waals surface area contributed by atoms with Crippen molar-refractivity contribution in [1.29, 1.82) is 0 Å². The maximum atomic E-state index is 10.9. The van der Waals surface area contributed by atoms with Gasteiger partial charge in [-0.25, -0.2) is 4.79 Å². The fourth-order valence-corrected chi connectivity index (χ4v) is 4.90. The Morgan fingerprint density at radius 2 is 2.21 bits per heavy atom. The van der Waals surface area contributed by atoms with Crippen LogP contribution in [0.15, 0.2) is 12.2 Å². The molecule has 2 nitrogen and oxygen atoms in total. The van der Waals surface area contributed by atoms with Crippen molar-refractivity contribution in [3.63, 3.8) is 0 Å². The maximum Gasteiger partial charge on any atom is 0.333 e. The number of hydrogen-bond donors (Lipinski definition) is 0. The summed E-state index contributed by atoms with van der Waals surface area (Å²) in [6.07, 6.45) is 1.89. The molecule has 14 heavy (non-hydrogen) atoms. The predicted molar refractivity (Wildman–Crippen MR) is 67.2 cm³/mol. The normalized spacial score (nSPS) is 13.1. The number of ether oxygens (including phenoxy) is 1. The first-order valence-corrected chi connectivity index (χ1v) is 12.6. The van der Waals surface area contributed by atoms with Crippen LogP contribution in [0.2, 0.25) is 6.04 Å². The number of unbranched alkanes of at least 4 members (excludes halogenated alkanes) is 1. The van der Waals surface area contributed by atoms with Crippen molar-refractivity contribution in [1.82, 2.24) is 0 Å². The lowest BCUT2D eigenvalue weighted by Gasteiger charge is -2.04. The lowest BCUT2D eigenvalue weighted by Crippen LogP contribution is -2.10. The molecule has 0 spiro atoms. The highest BCUT2D eigenvalue weighted by Gasteiger charge is 2.06. The summed E-state index contributed by atoms with van der Waals surface area (Å²) in [6, 6.07) is 1.06. The second-order valence-electron chi connectivity index (χ2n) is 3.16. The smallest absolute Gasteiger partial charge is 0.333 e. The van der Waals surface area contributed by atoms with E-state index in [2.05, 4.69) is 6.58 Å². The maximum absolute atomic E-state index is 10.9. The first-order chi connectivity index (χ1) is 6.57. The Morgan fingerprint density at radius 1 is 1.57 bits per heavy atom. The second-order valence-corrected chi connectivity index (χ2v) is 15.3. The summed E-state index contributed by atoms with van der Waals surface area (Å²) in [5, 5.41) is 0.